The molecular weight excluding hydrogens is 544 g/mol. The Bertz CT molecular complexity index is 2670. The van der Waals surface area contributed by atoms with Crippen LogP contribution < -0.4 is 0 Å². The predicted molar refractivity (Wildman–Crippen MR) is 190 cm³/mol. The molecule has 2 heteroatoms. The van der Waals surface area contributed by atoms with Gasteiger partial charge in [-0.05, 0) is 81.6 Å². The third-order valence-corrected chi connectivity index (χ3v) is 10.3. The highest BCUT2D eigenvalue weighted by Gasteiger charge is 2.35. The van der Waals surface area contributed by atoms with Gasteiger partial charge in [-0.2, -0.15) is 0 Å². The van der Waals surface area contributed by atoms with Crippen LogP contribution in [0.5, 0.6) is 0 Å². The maximum Gasteiger partial charge on any atom is 0.0562 e. The molecule has 1 aliphatic rings. The van der Waals surface area contributed by atoms with Crippen molar-refractivity contribution in [3.8, 4) is 22.5 Å². The summed E-state index contributed by atoms with van der Waals surface area (Å²) in [6, 6.07) is 53.9. The molecule has 212 valence electrons. The van der Waals surface area contributed by atoms with Crippen LogP contribution in [0.15, 0.2) is 146 Å². The third kappa shape index (κ3) is 3.24. The van der Waals surface area contributed by atoms with Crippen LogP contribution in [0, 0.1) is 0 Å². The van der Waals surface area contributed by atoms with Crippen LogP contribution in [0.1, 0.15) is 25.0 Å². The maximum absolute atomic E-state index is 2.48. The first kappa shape index (κ1) is 24.8. The number of rotatable bonds is 2. The van der Waals surface area contributed by atoms with Gasteiger partial charge < -0.3 is 9.13 Å². The van der Waals surface area contributed by atoms with E-state index in [0.29, 0.717) is 0 Å². The number of nitrogens with zero attached hydrogens (tertiary/aromatic N) is 2. The van der Waals surface area contributed by atoms with Gasteiger partial charge in [0.1, 0.15) is 0 Å². The smallest absolute Gasteiger partial charge is 0.0562 e. The molecule has 7 aromatic carbocycles. The molecule has 45 heavy (non-hydrogen) atoms. The van der Waals surface area contributed by atoms with Crippen molar-refractivity contribution in [1.29, 1.82) is 0 Å². The monoisotopic (exact) mass is 574 g/mol. The Morgan fingerprint density at radius 2 is 1.09 bits per heavy atom. The fourth-order valence-electron chi connectivity index (χ4n) is 8.21. The third-order valence-electron chi connectivity index (χ3n) is 10.3. The molecule has 0 saturated carbocycles. The van der Waals surface area contributed by atoms with Gasteiger partial charge in [0.2, 0.25) is 0 Å². The second-order valence-corrected chi connectivity index (χ2v) is 13.0. The molecule has 2 aromatic heterocycles. The Morgan fingerprint density at radius 3 is 1.98 bits per heavy atom. The number of hydrogen-bond acceptors (Lipinski definition) is 0. The van der Waals surface area contributed by atoms with E-state index in [9.17, 15) is 0 Å². The zero-order chi connectivity index (χ0) is 29.9. The minimum Gasteiger partial charge on any atom is -0.309 e. The molecule has 0 spiro atoms. The molecule has 0 aliphatic heterocycles. The minimum atomic E-state index is -0.0608. The van der Waals surface area contributed by atoms with E-state index in [0.717, 1.165) is 0 Å². The fraction of sp³-hybridized carbons (Fsp3) is 0.0698. The molecular formula is C43H30N2. The van der Waals surface area contributed by atoms with Crippen LogP contribution in [-0.4, -0.2) is 9.13 Å². The lowest BCUT2D eigenvalue weighted by molar-refractivity contribution is 0.660. The van der Waals surface area contributed by atoms with E-state index in [1.54, 1.807) is 0 Å². The highest BCUT2D eigenvalue weighted by Crippen LogP contribution is 2.50. The van der Waals surface area contributed by atoms with Crippen molar-refractivity contribution in [3.63, 3.8) is 0 Å². The second-order valence-electron chi connectivity index (χ2n) is 13.0. The van der Waals surface area contributed by atoms with Crippen LogP contribution in [0.3, 0.4) is 0 Å². The molecule has 0 saturated heterocycles. The van der Waals surface area contributed by atoms with E-state index in [1.165, 1.54) is 88.0 Å². The molecule has 0 unspecified atom stereocenters. The summed E-state index contributed by atoms with van der Waals surface area (Å²) in [5, 5.41) is 7.70. The predicted octanol–water partition coefficient (Wildman–Crippen LogP) is 11.3. The zero-order valence-electron chi connectivity index (χ0n) is 25.3. The van der Waals surface area contributed by atoms with Crippen LogP contribution in [0.4, 0.5) is 0 Å². The van der Waals surface area contributed by atoms with Gasteiger partial charge in [-0.15, -0.1) is 0 Å². The number of fused-ring (bicyclic) bond motifs is 11. The van der Waals surface area contributed by atoms with Gasteiger partial charge in [-0.1, -0.05) is 111 Å². The van der Waals surface area contributed by atoms with Crippen molar-refractivity contribution in [2.45, 2.75) is 19.3 Å². The Morgan fingerprint density at radius 1 is 0.400 bits per heavy atom. The Balaban J connectivity index is 1.34. The van der Waals surface area contributed by atoms with E-state index >= 15 is 0 Å². The standard InChI is InChI=1S/C43H30N2/c1-43(2)36-18-10-8-16-31(36)32-22-21-29(24-37(32)43)45-38-19-11-9-17-33(38)34-25-35-41(26-40(34)45)44(28-13-4-3-5-14-28)39-23-20-27-12-6-7-15-30(27)42(35)39/h3-26H,1-2H3. The molecule has 0 bridgehead atoms. The Labute approximate surface area is 261 Å². The van der Waals surface area contributed by atoms with E-state index < -0.39 is 0 Å². The van der Waals surface area contributed by atoms with Crippen LogP contribution in [0.2, 0.25) is 0 Å². The molecule has 2 nitrogen and oxygen atoms in total. The SMILES string of the molecule is CC1(C)c2ccccc2-c2ccc(-n3c4ccccc4c4cc5c6c7ccccc7ccc6n(-c6ccccc6)c5cc43)cc21. The summed E-state index contributed by atoms with van der Waals surface area (Å²) in [7, 11) is 0. The van der Waals surface area contributed by atoms with Crippen LogP contribution in [0.25, 0.3) is 76.9 Å². The number of aromatic nitrogens is 2. The highest BCUT2D eigenvalue weighted by molar-refractivity contribution is 6.25. The van der Waals surface area contributed by atoms with Crippen molar-refractivity contribution < 1.29 is 0 Å². The van der Waals surface area contributed by atoms with Crippen molar-refractivity contribution in [2.75, 3.05) is 0 Å². The van der Waals surface area contributed by atoms with E-state index in [4.69, 9.17) is 0 Å². The lowest BCUT2D eigenvalue weighted by atomic mass is 9.82. The van der Waals surface area contributed by atoms with Gasteiger partial charge in [-0.25, -0.2) is 0 Å². The summed E-state index contributed by atoms with van der Waals surface area (Å²) in [5.74, 6) is 0. The largest absolute Gasteiger partial charge is 0.309 e. The highest BCUT2D eigenvalue weighted by atomic mass is 15.0. The first-order valence-electron chi connectivity index (χ1n) is 15.8. The van der Waals surface area contributed by atoms with Gasteiger partial charge in [0.15, 0.2) is 0 Å². The summed E-state index contributed by atoms with van der Waals surface area (Å²) >= 11 is 0. The zero-order valence-corrected chi connectivity index (χ0v) is 25.3. The van der Waals surface area contributed by atoms with Gasteiger partial charge in [0, 0.05) is 38.3 Å². The van der Waals surface area contributed by atoms with E-state index in [-0.39, 0.29) is 5.41 Å². The summed E-state index contributed by atoms with van der Waals surface area (Å²) in [4.78, 5) is 0. The molecule has 10 rings (SSSR count). The first-order chi connectivity index (χ1) is 22.1. The Hall–Kier alpha value is -5.60. The molecule has 2 heterocycles. The number of para-hydroxylation sites is 2. The molecule has 0 atom stereocenters. The Kier molecular flexibility index (Phi) is 4.82. The fourth-order valence-corrected chi connectivity index (χ4v) is 8.21. The van der Waals surface area contributed by atoms with Gasteiger partial charge in [0.25, 0.3) is 0 Å². The molecule has 0 radical (unpaired) electrons. The number of hydrogen-bond donors (Lipinski definition) is 0. The van der Waals surface area contributed by atoms with Crippen molar-refractivity contribution in [1.82, 2.24) is 9.13 Å². The van der Waals surface area contributed by atoms with Crippen LogP contribution >= 0.6 is 0 Å². The molecule has 1 aliphatic carbocycles. The summed E-state index contributed by atoms with van der Waals surface area (Å²) in [6.45, 7) is 4.72. The lowest BCUT2D eigenvalue weighted by Gasteiger charge is -2.22. The van der Waals surface area contributed by atoms with E-state index in [2.05, 4.69) is 169 Å². The molecule has 0 N–H and O–H groups in total. The first-order valence-corrected chi connectivity index (χ1v) is 15.8. The summed E-state index contributed by atoms with van der Waals surface area (Å²) in [6.07, 6.45) is 0. The second kappa shape index (κ2) is 8.74. The topological polar surface area (TPSA) is 9.86 Å². The van der Waals surface area contributed by atoms with Crippen molar-refractivity contribution in [2.24, 2.45) is 0 Å². The quantitative estimate of drug-likeness (QED) is 0.194. The van der Waals surface area contributed by atoms with Gasteiger partial charge in [0.05, 0.1) is 22.1 Å². The lowest BCUT2D eigenvalue weighted by Crippen LogP contribution is -2.15. The normalized spacial score (nSPS) is 13.7. The molecule has 0 amide bonds. The van der Waals surface area contributed by atoms with Gasteiger partial charge in [-0.3, -0.25) is 0 Å². The van der Waals surface area contributed by atoms with Crippen molar-refractivity contribution >= 4 is 54.4 Å². The number of benzene rings is 7. The average Bonchev–Trinajstić information content (AvgIpc) is 3.67. The summed E-state index contributed by atoms with van der Waals surface area (Å²) < 4.78 is 4.93. The maximum atomic E-state index is 2.48. The van der Waals surface area contributed by atoms with Gasteiger partial charge >= 0.3 is 0 Å². The minimum absolute atomic E-state index is 0.0608. The van der Waals surface area contributed by atoms with E-state index in [1.807, 2.05) is 0 Å². The molecule has 9 aromatic rings. The average molecular weight is 575 g/mol. The van der Waals surface area contributed by atoms with Crippen molar-refractivity contribution in [3.05, 3.63) is 157 Å². The summed E-state index contributed by atoms with van der Waals surface area (Å²) in [5.41, 5.74) is 12.7. The molecule has 0 fully saturated rings. The van der Waals surface area contributed by atoms with Crippen LogP contribution in [-0.2, 0) is 5.41 Å².